The highest BCUT2D eigenvalue weighted by atomic mass is 35.5. The lowest BCUT2D eigenvalue weighted by Gasteiger charge is -2.23. The van der Waals surface area contributed by atoms with Crippen LogP contribution >= 0.6 is 11.6 Å². The molecule has 1 aliphatic rings. The first-order chi connectivity index (χ1) is 10.0. The number of hydrogen-bond donors (Lipinski definition) is 1. The van der Waals surface area contributed by atoms with Gasteiger partial charge in [-0.15, -0.1) is 0 Å². The summed E-state index contributed by atoms with van der Waals surface area (Å²) in [6, 6.07) is 2.19. The van der Waals surface area contributed by atoms with Crippen LogP contribution in [0.3, 0.4) is 0 Å². The fourth-order valence-corrected chi connectivity index (χ4v) is 2.66. The van der Waals surface area contributed by atoms with Gasteiger partial charge in [0.1, 0.15) is 11.5 Å². The summed E-state index contributed by atoms with van der Waals surface area (Å²) in [5.41, 5.74) is 0.0738. The molecule has 0 radical (unpaired) electrons. The Morgan fingerprint density at radius 3 is 2.76 bits per heavy atom. The summed E-state index contributed by atoms with van der Waals surface area (Å²) in [6.45, 7) is 3.27. The number of nitro groups is 1. The lowest BCUT2D eigenvalue weighted by Crippen LogP contribution is -2.32. The van der Waals surface area contributed by atoms with E-state index in [1.807, 2.05) is 0 Å². The summed E-state index contributed by atoms with van der Waals surface area (Å²) in [7, 11) is 0. The van der Waals surface area contributed by atoms with Crippen LogP contribution in [0.15, 0.2) is 12.1 Å². The van der Waals surface area contributed by atoms with Crippen LogP contribution in [0.5, 0.6) is 0 Å². The molecule has 0 atom stereocenters. The molecule has 21 heavy (non-hydrogen) atoms. The van der Waals surface area contributed by atoms with Crippen LogP contribution in [0.2, 0.25) is 5.02 Å². The van der Waals surface area contributed by atoms with Crippen LogP contribution < -0.4 is 4.90 Å². The van der Waals surface area contributed by atoms with E-state index in [2.05, 4.69) is 4.90 Å². The number of halogens is 2. The second-order valence-corrected chi connectivity index (χ2v) is 5.33. The maximum atomic E-state index is 13.7. The standard InChI is InChI=1S/C13H17ClFN3O3/c14-10-8-13(18(20)21)12(9-11(10)15)17-3-1-2-16(4-5-17)6-7-19/h8-9,19H,1-7H2. The van der Waals surface area contributed by atoms with Crippen molar-refractivity contribution in [3.63, 3.8) is 0 Å². The molecule has 2 rings (SSSR count). The molecule has 0 unspecified atom stereocenters. The Morgan fingerprint density at radius 1 is 1.33 bits per heavy atom. The van der Waals surface area contributed by atoms with Crippen molar-refractivity contribution in [3.05, 3.63) is 33.1 Å². The predicted octanol–water partition coefficient (Wildman–Crippen LogP) is 1.89. The SMILES string of the molecule is O=[N+]([O-])c1cc(Cl)c(F)cc1N1CCCN(CCO)CC1. The maximum absolute atomic E-state index is 13.7. The summed E-state index contributed by atoms with van der Waals surface area (Å²) >= 11 is 5.63. The number of aliphatic hydroxyl groups excluding tert-OH is 1. The zero-order valence-corrected chi connectivity index (χ0v) is 12.2. The molecule has 1 heterocycles. The number of rotatable bonds is 4. The second kappa shape index (κ2) is 7.02. The van der Waals surface area contributed by atoms with Crippen molar-refractivity contribution in [2.24, 2.45) is 0 Å². The van der Waals surface area contributed by atoms with E-state index in [4.69, 9.17) is 16.7 Å². The first-order valence-corrected chi connectivity index (χ1v) is 7.12. The smallest absolute Gasteiger partial charge is 0.294 e. The fourth-order valence-electron chi connectivity index (χ4n) is 2.50. The summed E-state index contributed by atoms with van der Waals surface area (Å²) in [6.07, 6.45) is 0.793. The number of hydrogen-bond acceptors (Lipinski definition) is 5. The van der Waals surface area contributed by atoms with E-state index in [0.29, 0.717) is 26.2 Å². The number of aliphatic hydroxyl groups is 1. The highest BCUT2D eigenvalue weighted by Gasteiger charge is 2.24. The zero-order chi connectivity index (χ0) is 15.4. The maximum Gasteiger partial charge on any atom is 0.294 e. The van der Waals surface area contributed by atoms with E-state index in [1.165, 1.54) is 0 Å². The number of β-amino-alcohol motifs (C(OH)–C–C–N with tert-alkyl or cyclic N) is 1. The molecule has 1 aliphatic heterocycles. The minimum absolute atomic E-state index is 0.0791. The Kier molecular flexibility index (Phi) is 5.33. The molecule has 1 saturated heterocycles. The number of anilines is 1. The average Bonchev–Trinajstić information content (AvgIpc) is 2.67. The van der Waals surface area contributed by atoms with Gasteiger partial charge >= 0.3 is 0 Å². The van der Waals surface area contributed by atoms with Gasteiger partial charge in [-0.1, -0.05) is 11.6 Å². The highest BCUT2D eigenvalue weighted by molar-refractivity contribution is 6.31. The van der Waals surface area contributed by atoms with Crippen molar-refractivity contribution in [2.75, 3.05) is 44.2 Å². The third-order valence-corrected chi connectivity index (χ3v) is 3.85. The largest absolute Gasteiger partial charge is 0.395 e. The van der Waals surface area contributed by atoms with Crippen LogP contribution in [0, 0.1) is 15.9 Å². The quantitative estimate of drug-likeness (QED) is 0.678. The summed E-state index contributed by atoms with van der Waals surface area (Å²) < 4.78 is 13.7. The Hall–Kier alpha value is -1.44. The van der Waals surface area contributed by atoms with E-state index in [1.54, 1.807) is 4.90 Å². The van der Waals surface area contributed by atoms with Gasteiger partial charge < -0.3 is 10.0 Å². The minimum atomic E-state index is -0.659. The molecular formula is C13H17ClFN3O3. The normalized spacial score (nSPS) is 16.8. The third kappa shape index (κ3) is 3.81. The number of benzene rings is 1. The van der Waals surface area contributed by atoms with Crippen molar-refractivity contribution < 1.29 is 14.4 Å². The van der Waals surface area contributed by atoms with Gasteiger partial charge in [-0.25, -0.2) is 4.39 Å². The summed E-state index contributed by atoms with van der Waals surface area (Å²) in [5, 5.41) is 19.9. The van der Waals surface area contributed by atoms with Crippen LogP contribution in [0.1, 0.15) is 6.42 Å². The summed E-state index contributed by atoms with van der Waals surface area (Å²) in [5.74, 6) is -0.659. The van der Waals surface area contributed by atoms with Crippen molar-refractivity contribution in [2.45, 2.75) is 6.42 Å². The molecule has 0 aliphatic carbocycles. The molecule has 1 aromatic rings. The van der Waals surface area contributed by atoms with E-state index in [-0.39, 0.29) is 23.0 Å². The minimum Gasteiger partial charge on any atom is -0.395 e. The first-order valence-electron chi connectivity index (χ1n) is 6.74. The van der Waals surface area contributed by atoms with Gasteiger partial charge in [-0.3, -0.25) is 15.0 Å². The molecular weight excluding hydrogens is 301 g/mol. The topological polar surface area (TPSA) is 69.9 Å². The van der Waals surface area contributed by atoms with Gasteiger partial charge in [0.05, 0.1) is 16.6 Å². The summed E-state index contributed by atoms with van der Waals surface area (Å²) in [4.78, 5) is 14.5. The van der Waals surface area contributed by atoms with Crippen LogP contribution in [-0.4, -0.2) is 54.3 Å². The predicted molar refractivity (Wildman–Crippen MR) is 78.4 cm³/mol. The van der Waals surface area contributed by atoms with Gasteiger partial charge in [0.25, 0.3) is 5.69 Å². The molecule has 6 nitrogen and oxygen atoms in total. The molecule has 8 heteroatoms. The number of nitro benzene ring substituents is 1. The molecule has 1 fully saturated rings. The molecule has 0 amide bonds. The van der Waals surface area contributed by atoms with Crippen molar-refractivity contribution in [1.82, 2.24) is 4.90 Å². The lowest BCUT2D eigenvalue weighted by atomic mass is 10.2. The van der Waals surface area contributed by atoms with Gasteiger partial charge in [-0.2, -0.15) is 0 Å². The van der Waals surface area contributed by atoms with Crippen LogP contribution in [0.25, 0.3) is 0 Å². The molecule has 116 valence electrons. The molecule has 0 saturated carbocycles. The molecule has 0 aromatic heterocycles. The molecule has 1 aromatic carbocycles. The lowest BCUT2D eigenvalue weighted by molar-refractivity contribution is -0.384. The van der Waals surface area contributed by atoms with E-state index >= 15 is 0 Å². The fraction of sp³-hybridized carbons (Fsp3) is 0.538. The first kappa shape index (κ1) is 15.9. The monoisotopic (exact) mass is 317 g/mol. The van der Waals surface area contributed by atoms with Crippen molar-refractivity contribution in [1.29, 1.82) is 0 Å². The Balaban J connectivity index is 2.24. The van der Waals surface area contributed by atoms with E-state index in [9.17, 15) is 14.5 Å². The molecule has 1 N–H and O–H groups in total. The Labute approximate surface area is 126 Å². The Morgan fingerprint density at radius 2 is 2.10 bits per heavy atom. The van der Waals surface area contributed by atoms with Gasteiger partial charge in [0.15, 0.2) is 0 Å². The zero-order valence-electron chi connectivity index (χ0n) is 11.5. The Bertz CT molecular complexity index is 530. The average molecular weight is 318 g/mol. The van der Waals surface area contributed by atoms with Crippen LogP contribution in [0.4, 0.5) is 15.8 Å². The van der Waals surface area contributed by atoms with Crippen molar-refractivity contribution in [3.8, 4) is 0 Å². The van der Waals surface area contributed by atoms with Crippen molar-refractivity contribution >= 4 is 23.0 Å². The molecule has 0 bridgehead atoms. The highest BCUT2D eigenvalue weighted by Crippen LogP contribution is 2.33. The van der Waals surface area contributed by atoms with E-state index < -0.39 is 10.7 Å². The number of nitrogens with zero attached hydrogens (tertiary/aromatic N) is 3. The van der Waals surface area contributed by atoms with Gasteiger partial charge in [-0.05, 0) is 13.0 Å². The van der Waals surface area contributed by atoms with Gasteiger partial charge in [0, 0.05) is 38.3 Å². The molecule has 0 spiro atoms. The van der Waals surface area contributed by atoms with Crippen LogP contribution in [-0.2, 0) is 0 Å². The van der Waals surface area contributed by atoms with E-state index in [0.717, 1.165) is 25.1 Å². The van der Waals surface area contributed by atoms with Gasteiger partial charge in [0.2, 0.25) is 0 Å². The second-order valence-electron chi connectivity index (χ2n) is 4.92. The third-order valence-electron chi connectivity index (χ3n) is 3.56.